The molecule has 312 valence electrons. The van der Waals surface area contributed by atoms with Gasteiger partial charge in [-0.25, -0.2) is 9.18 Å². The molecule has 0 bridgehead atoms. The molecule has 0 aliphatic carbocycles. The van der Waals surface area contributed by atoms with Crippen LogP contribution < -0.4 is 21.3 Å². The summed E-state index contributed by atoms with van der Waals surface area (Å²) in [7, 11) is 5.12. The van der Waals surface area contributed by atoms with Gasteiger partial charge in [-0.15, -0.1) is 0 Å². The predicted octanol–water partition coefficient (Wildman–Crippen LogP) is 3.70. The number of carboxylic acid groups (broad SMARTS) is 3. The lowest BCUT2D eigenvalue weighted by atomic mass is 10.1. The lowest BCUT2D eigenvalue weighted by Gasteiger charge is -2.07. The Hall–Kier alpha value is -4.05. The molecule has 0 aromatic heterocycles. The van der Waals surface area contributed by atoms with Gasteiger partial charge < -0.3 is 51.0 Å². The number of aliphatic carboxylic acids is 3. The van der Waals surface area contributed by atoms with E-state index >= 15 is 0 Å². The monoisotopic (exact) mass is 794 g/mol. The van der Waals surface area contributed by atoms with Crippen molar-refractivity contribution in [3.05, 3.63) is 35.6 Å². The zero-order valence-electron chi connectivity index (χ0n) is 32.0. The number of ether oxygens (including phenoxy) is 1. The van der Waals surface area contributed by atoms with Gasteiger partial charge >= 0.3 is 17.9 Å². The summed E-state index contributed by atoms with van der Waals surface area (Å²) < 4.78 is 17.6. The van der Waals surface area contributed by atoms with Crippen LogP contribution in [0.2, 0.25) is 0 Å². The molecule has 2 unspecified atom stereocenters. The van der Waals surface area contributed by atoms with Gasteiger partial charge in [-0.2, -0.15) is 0 Å². The van der Waals surface area contributed by atoms with Crippen molar-refractivity contribution in [2.45, 2.75) is 109 Å². The maximum Gasteiger partial charge on any atom is 0.326 e. The van der Waals surface area contributed by atoms with E-state index < -0.39 is 23.9 Å². The second-order valence-electron chi connectivity index (χ2n) is 11.3. The van der Waals surface area contributed by atoms with Crippen molar-refractivity contribution in [2.75, 3.05) is 40.4 Å². The fraction of sp³-hybridized carbons (Fsp3) is 0.639. The minimum absolute atomic E-state index is 0.0632. The SMILES string of the molecule is CCCCCCNC(=O)CCCCCNC(=O)c1ccc(F)cc1.CNCCCCOC.O=C(O)CCCC(=O)O.O=CCCC(NC=O)C(=O)O.OP. The highest BCUT2D eigenvalue weighted by Crippen LogP contribution is 2.04. The van der Waals surface area contributed by atoms with Crippen molar-refractivity contribution in [3.63, 3.8) is 0 Å². The fourth-order valence-corrected chi connectivity index (χ4v) is 3.89. The van der Waals surface area contributed by atoms with Crippen molar-refractivity contribution >= 4 is 51.9 Å². The van der Waals surface area contributed by atoms with Crippen LogP contribution in [0.3, 0.4) is 0 Å². The first kappa shape index (κ1) is 56.7. The Morgan fingerprint density at radius 2 is 1.33 bits per heavy atom. The molecule has 1 rings (SSSR count). The van der Waals surface area contributed by atoms with E-state index in [2.05, 4.69) is 28.2 Å². The van der Waals surface area contributed by atoms with E-state index in [1.165, 1.54) is 59.4 Å². The number of hydrogen-bond donors (Lipinski definition) is 8. The number of amides is 3. The molecule has 0 fully saturated rings. The first-order valence-corrected chi connectivity index (χ1v) is 18.4. The molecule has 8 N–H and O–H groups in total. The largest absolute Gasteiger partial charge is 0.481 e. The summed E-state index contributed by atoms with van der Waals surface area (Å²) in [6.07, 6.45) is 11.4. The summed E-state index contributed by atoms with van der Waals surface area (Å²) in [5.74, 6) is -3.46. The maximum atomic E-state index is 12.8. The summed E-state index contributed by atoms with van der Waals surface area (Å²) in [4.78, 5) is 79.8. The van der Waals surface area contributed by atoms with E-state index in [1.54, 1.807) is 7.11 Å². The summed E-state index contributed by atoms with van der Waals surface area (Å²) in [5, 5.41) is 35.3. The van der Waals surface area contributed by atoms with E-state index in [-0.39, 0.29) is 49.7 Å². The molecule has 1 aromatic rings. The molecule has 0 spiro atoms. The molecule has 0 aliphatic rings. The molecule has 1 aromatic carbocycles. The van der Waals surface area contributed by atoms with E-state index in [1.807, 2.05) is 7.05 Å². The average Bonchev–Trinajstić information content (AvgIpc) is 3.14. The molecule has 0 aliphatic heterocycles. The lowest BCUT2D eigenvalue weighted by molar-refractivity contribution is -0.141. The van der Waals surface area contributed by atoms with E-state index in [0.717, 1.165) is 51.8 Å². The van der Waals surface area contributed by atoms with Gasteiger partial charge in [0, 0.05) is 58.1 Å². The lowest BCUT2D eigenvalue weighted by Crippen LogP contribution is -2.35. The summed E-state index contributed by atoms with van der Waals surface area (Å²) >= 11 is 0. The third-order valence-corrected chi connectivity index (χ3v) is 6.77. The minimum atomic E-state index is -1.13. The molecule has 2 atom stereocenters. The number of nitrogens with one attached hydrogen (secondary N) is 4. The van der Waals surface area contributed by atoms with Gasteiger partial charge in [-0.1, -0.05) is 32.6 Å². The number of carboxylic acids is 3. The standard InChI is InChI=1S/C19H29FN2O2.C6H9NO4.C6H15NO.C5H8O4.H3OP/c1-2-3-4-7-14-21-18(23)9-6-5-8-15-22-19(24)16-10-12-17(20)13-11-16;8-3-1-2-5(6(10)11)7-4-9;1-7-5-3-4-6-8-2;6-4(7)2-1-3-5(8)9;1-2/h10-13H,2-9,14-15H2,1H3,(H,21,23)(H,22,24);3-5H,1-2H2,(H,7,9)(H,10,11);7H,3-6H2,1-2H3;1-3H2,(H,6,7)(H,8,9);1H,2H2. The zero-order valence-corrected chi connectivity index (χ0v) is 33.1. The quantitative estimate of drug-likeness (QED) is 0.0360. The number of carbonyl (C=O) groups is 7. The molecule has 0 radical (unpaired) electrons. The minimum Gasteiger partial charge on any atom is -0.481 e. The Morgan fingerprint density at radius 1 is 0.778 bits per heavy atom. The molecule has 18 heteroatoms. The van der Waals surface area contributed by atoms with Crippen LogP contribution in [0.15, 0.2) is 24.3 Å². The van der Waals surface area contributed by atoms with Gasteiger partial charge in [0.25, 0.3) is 5.91 Å². The first-order valence-electron chi connectivity index (χ1n) is 17.9. The fourth-order valence-electron chi connectivity index (χ4n) is 3.89. The number of unbranched alkanes of at least 4 members (excludes halogenated alkanes) is 6. The van der Waals surface area contributed by atoms with Gasteiger partial charge in [0.15, 0.2) is 0 Å². The van der Waals surface area contributed by atoms with Gasteiger partial charge in [0.1, 0.15) is 18.1 Å². The number of aldehydes is 1. The smallest absolute Gasteiger partial charge is 0.326 e. The van der Waals surface area contributed by atoms with Gasteiger partial charge in [0.2, 0.25) is 12.3 Å². The summed E-state index contributed by atoms with van der Waals surface area (Å²) in [5.41, 5.74) is 0.457. The van der Waals surface area contributed by atoms with Crippen LogP contribution in [0.5, 0.6) is 0 Å². The molecule has 0 saturated carbocycles. The van der Waals surface area contributed by atoms with Crippen LogP contribution in [0, 0.1) is 5.82 Å². The molecular weight excluding hydrogens is 730 g/mol. The van der Waals surface area contributed by atoms with E-state index in [9.17, 15) is 38.0 Å². The molecular formula is C36H64FN4O12P. The summed E-state index contributed by atoms with van der Waals surface area (Å²) in [6, 6.07) is 4.54. The normalized spacial score (nSPS) is 10.0. The average molecular weight is 795 g/mol. The highest BCUT2D eigenvalue weighted by atomic mass is 31.0. The highest BCUT2D eigenvalue weighted by Gasteiger charge is 2.14. The van der Waals surface area contributed by atoms with Crippen LogP contribution >= 0.6 is 9.47 Å². The first-order chi connectivity index (χ1) is 25.9. The van der Waals surface area contributed by atoms with Crippen molar-refractivity contribution in [1.82, 2.24) is 21.3 Å². The van der Waals surface area contributed by atoms with Gasteiger partial charge in [-0.3, -0.25) is 24.0 Å². The van der Waals surface area contributed by atoms with Crippen molar-refractivity contribution in [3.8, 4) is 0 Å². The Kier molecular flexibility index (Phi) is 47.4. The topological polar surface area (TPSA) is 258 Å². The molecule has 0 saturated heterocycles. The van der Waals surface area contributed by atoms with Gasteiger partial charge in [-0.05, 0) is 92.3 Å². The van der Waals surface area contributed by atoms with Crippen molar-refractivity contribution < 1.29 is 62.9 Å². The molecule has 3 amide bonds. The second-order valence-corrected chi connectivity index (χ2v) is 11.3. The Morgan fingerprint density at radius 3 is 1.81 bits per heavy atom. The number of carbonyl (C=O) groups excluding carboxylic acids is 4. The maximum absolute atomic E-state index is 12.8. The zero-order chi connectivity index (χ0) is 41.8. The summed E-state index contributed by atoms with van der Waals surface area (Å²) in [6.45, 7) is 5.49. The van der Waals surface area contributed by atoms with Crippen LogP contribution in [0.4, 0.5) is 4.39 Å². The Labute approximate surface area is 321 Å². The number of rotatable bonds is 27. The molecule has 0 heterocycles. The predicted molar refractivity (Wildman–Crippen MR) is 206 cm³/mol. The van der Waals surface area contributed by atoms with E-state index in [0.29, 0.717) is 31.2 Å². The number of halogens is 1. The van der Waals surface area contributed by atoms with Crippen molar-refractivity contribution in [1.29, 1.82) is 0 Å². The number of hydrogen-bond acceptors (Lipinski definition) is 10. The molecule has 16 nitrogen and oxygen atoms in total. The van der Waals surface area contributed by atoms with Crippen LogP contribution in [-0.2, 0) is 33.5 Å². The van der Waals surface area contributed by atoms with Crippen molar-refractivity contribution in [2.24, 2.45) is 0 Å². The Balaban J connectivity index is -0.000000345. The number of methoxy groups -OCH3 is 1. The van der Waals surface area contributed by atoms with Crippen LogP contribution in [-0.4, -0.2) is 109 Å². The van der Waals surface area contributed by atoms with Gasteiger partial charge in [0.05, 0.1) is 0 Å². The second kappa shape index (κ2) is 45.1. The van der Waals surface area contributed by atoms with Crippen LogP contribution in [0.1, 0.15) is 114 Å². The third kappa shape index (κ3) is 46.0. The third-order valence-electron chi connectivity index (χ3n) is 6.77. The Bertz CT molecular complexity index is 1080. The highest BCUT2D eigenvalue weighted by molar-refractivity contribution is 7.08. The van der Waals surface area contributed by atoms with Crippen LogP contribution in [0.25, 0.3) is 0 Å². The molecule has 54 heavy (non-hydrogen) atoms. The van der Waals surface area contributed by atoms with E-state index in [4.69, 9.17) is 24.9 Å². The number of benzene rings is 1.